The van der Waals surface area contributed by atoms with Gasteiger partial charge < -0.3 is 5.11 Å². The molecule has 76 valence electrons. The number of piperidine rings is 1. The number of hydrogen-bond donors (Lipinski definition) is 1. The molecule has 2 atom stereocenters. The van der Waals surface area contributed by atoms with Gasteiger partial charge in [-0.3, -0.25) is 4.90 Å². The highest BCUT2D eigenvalue weighted by Crippen LogP contribution is 2.37. The van der Waals surface area contributed by atoms with Crippen molar-refractivity contribution in [2.45, 2.75) is 51.2 Å². The lowest BCUT2D eigenvalue weighted by atomic mass is 10.0. The van der Waals surface area contributed by atoms with Crippen molar-refractivity contribution < 1.29 is 5.11 Å². The molecule has 1 saturated heterocycles. The maximum Gasteiger partial charge on any atom is 0.0603 e. The van der Waals surface area contributed by atoms with Crippen LogP contribution in [-0.2, 0) is 0 Å². The van der Waals surface area contributed by atoms with Gasteiger partial charge in [0.2, 0.25) is 0 Å². The van der Waals surface area contributed by atoms with E-state index in [2.05, 4.69) is 4.90 Å². The molecular weight excluding hydrogens is 162 g/mol. The van der Waals surface area contributed by atoms with Crippen LogP contribution in [0.5, 0.6) is 0 Å². The van der Waals surface area contributed by atoms with Crippen molar-refractivity contribution in [3.8, 4) is 0 Å². The van der Waals surface area contributed by atoms with Crippen molar-refractivity contribution in [1.29, 1.82) is 0 Å². The average Bonchev–Trinajstić information content (AvgIpc) is 2.58. The number of likely N-dealkylation sites (tertiary alicyclic amines) is 1. The van der Waals surface area contributed by atoms with E-state index < -0.39 is 5.60 Å². The van der Waals surface area contributed by atoms with Gasteiger partial charge in [0, 0.05) is 19.1 Å². The van der Waals surface area contributed by atoms with Crippen molar-refractivity contribution >= 4 is 0 Å². The van der Waals surface area contributed by atoms with Crippen LogP contribution in [0.25, 0.3) is 0 Å². The van der Waals surface area contributed by atoms with E-state index in [9.17, 15) is 5.11 Å². The molecular formula is C11H21NO. The number of hydrogen-bond acceptors (Lipinski definition) is 2. The lowest BCUT2D eigenvalue weighted by Gasteiger charge is -2.29. The molecule has 1 N–H and O–H groups in total. The highest BCUT2D eigenvalue weighted by molar-refractivity contribution is 4.92. The zero-order chi connectivity index (χ0) is 9.47. The van der Waals surface area contributed by atoms with Crippen LogP contribution in [0.1, 0.15) is 39.5 Å². The van der Waals surface area contributed by atoms with Crippen LogP contribution in [0.3, 0.4) is 0 Å². The summed E-state index contributed by atoms with van der Waals surface area (Å²) in [6.07, 6.45) is 5.18. The van der Waals surface area contributed by atoms with E-state index >= 15 is 0 Å². The van der Waals surface area contributed by atoms with Crippen LogP contribution in [-0.4, -0.2) is 34.7 Å². The van der Waals surface area contributed by atoms with Gasteiger partial charge in [0.15, 0.2) is 0 Å². The topological polar surface area (TPSA) is 23.5 Å². The maximum atomic E-state index is 9.62. The second-order valence-electron chi connectivity index (χ2n) is 5.39. The van der Waals surface area contributed by atoms with Gasteiger partial charge in [0.1, 0.15) is 0 Å². The second kappa shape index (κ2) is 3.25. The highest BCUT2D eigenvalue weighted by Gasteiger charge is 2.37. The summed E-state index contributed by atoms with van der Waals surface area (Å²) in [7, 11) is 0. The molecule has 0 aromatic heterocycles. The lowest BCUT2D eigenvalue weighted by molar-refractivity contribution is 0.0531. The Morgan fingerprint density at radius 1 is 1.38 bits per heavy atom. The van der Waals surface area contributed by atoms with Crippen LogP contribution in [0.4, 0.5) is 0 Å². The van der Waals surface area contributed by atoms with Crippen LogP contribution in [0.2, 0.25) is 0 Å². The predicted octanol–water partition coefficient (Wildman–Crippen LogP) is 1.63. The minimum absolute atomic E-state index is 0.484. The van der Waals surface area contributed by atoms with E-state index in [1.807, 2.05) is 13.8 Å². The molecule has 2 nitrogen and oxygen atoms in total. The van der Waals surface area contributed by atoms with E-state index in [0.717, 1.165) is 24.9 Å². The molecule has 1 aliphatic heterocycles. The molecule has 1 aliphatic carbocycles. The summed E-state index contributed by atoms with van der Waals surface area (Å²) in [5, 5.41) is 9.62. The fraction of sp³-hybridized carbons (Fsp3) is 1.00. The Bertz CT molecular complexity index is 185. The third-order valence-electron chi connectivity index (χ3n) is 3.53. The summed E-state index contributed by atoms with van der Waals surface area (Å²) in [6, 6.07) is 0.854. The van der Waals surface area contributed by atoms with Crippen LogP contribution in [0.15, 0.2) is 0 Å². The van der Waals surface area contributed by atoms with Gasteiger partial charge in [-0.2, -0.15) is 0 Å². The minimum Gasteiger partial charge on any atom is -0.390 e. The van der Waals surface area contributed by atoms with Gasteiger partial charge in [0.05, 0.1) is 5.60 Å². The molecule has 0 spiro atoms. The first-order chi connectivity index (χ1) is 6.04. The molecule has 2 aliphatic rings. The van der Waals surface area contributed by atoms with Gasteiger partial charge in [-0.15, -0.1) is 0 Å². The van der Waals surface area contributed by atoms with Crippen LogP contribution >= 0.6 is 0 Å². The molecule has 2 rings (SSSR count). The van der Waals surface area contributed by atoms with E-state index in [0.29, 0.717) is 0 Å². The summed E-state index contributed by atoms with van der Waals surface area (Å²) >= 11 is 0. The Morgan fingerprint density at radius 3 is 2.62 bits per heavy atom. The predicted molar refractivity (Wildman–Crippen MR) is 53.6 cm³/mol. The molecule has 2 unspecified atom stereocenters. The van der Waals surface area contributed by atoms with E-state index in [-0.39, 0.29) is 0 Å². The third kappa shape index (κ3) is 2.23. The molecule has 1 saturated carbocycles. The number of aliphatic hydroxyl groups is 1. The number of fused-ring (bicyclic) bond motifs is 2. The average molecular weight is 183 g/mol. The Hall–Kier alpha value is -0.0800. The summed E-state index contributed by atoms with van der Waals surface area (Å²) in [4.78, 5) is 2.58. The van der Waals surface area contributed by atoms with Crippen molar-refractivity contribution in [2.75, 3.05) is 13.1 Å². The fourth-order valence-electron chi connectivity index (χ4n) is 2.72. The second-order valence-corrected chi connectivity index (χ2v) is 5.39. The Balaban J connectivity index is 1.78. The standard InChI is InChI=1S/C11H21NO/c1-11(2,13)5-6-12-8-9-3-4-10(12)7-9/h9-10,13H,3-8H2,1-2H3. The zero-order valence-corrected chi connectivity index (χ0v) is 8.79. The fourth-order valence-corrected chi connectivity index (χ4v) is 2.72. The SMILES string of the molecule is CC(C)(O)CCN1CC2CCC1C2. The van der Waals surface area contributed by atoms with E-state index in [1.54, 1.807) is 0 Å². The van der Waals surface area contributed by atoms with Gasteiger partial charge in [-0.05, 0) is 45.4 Å². The number of rotatable bonds is 3. The molecule has 2 fully saturated rings. The summed E-state index contributed by atoms with van der Waals surface area (Å²) in [5.74, 6) is 0.979. The van der Waals surface area contributed by atoms with Gasteiger partial charge in [-0.1, -0.05) is 0 Å². The molecule has 2 heteroatoms. The minimum atomic E-state index is -0.484. The van der Waals surface area contributed by atoms with E-state index in [4.69, 9.17) is 0 Å². The monoisotopic (exact) mass is 183 g/mol. The Kier molecular flexibility index (Phi) is 2.37. The third-order valence-corrected chi connectivity index (χ3v) is 3.53. The maximum absolute atomic E-state index is 9.62. The van der Waals surface area contributed by atoms with Crippen molar-refractivity contribution in [2.24, 2.45) is 5.92 Å². The molecule has 0 aromatic rings. The Morgan fingerprint density at radius 2 is 2.15 bits per heavy atom. The van der Waals surface area contributed by atoms with Gasteiger partial charge >= 0.3 is 0 Å². The molecule has 2 bridgehead atoms. The molecule has 0 aromatic carbocycles. The zero-order valence-electron chi connectivity index (χ0n) is 8.79. The van der Waals surface area contributed by atoms with Crippen molar-refractivity contribution in [3.63, 3.8) is 0 Å². The first-order valence-corrected chi connectivity index (χ1v) is 5.51. The number of nitrogens with zero attached hydrogens (tertiary/aromatic N) is 1. The van der Waals surface area contributed by atoms with E-state index in [1.165, 1.54) is 25.8 Å². The first-order valence-electron chi connectivity index (χ1n) is 5.51. The largest absolute Gasteiger partial charge is 0.390 e. The molecule has 1 heterocycles. The van der Waals surface area contributed by atoms with Gasteiger partial charge in [0.25, 0.3) is 0 Å². The smallest absolute Gasteiger partial charge is 0.0603 e. The molecule has 0 radical (unpaired) electrons. The first kappa shape index (κ1) is 9.47. The lowest BCUT2D eigenvalue weighted by Crippen LogP contribution is -2.36. The normalized spacial score (nSPS) is 34.4. The van der Waals surface area contributed by atoms with Crippen molar-refractivity contribution in [1.82, 2.24) is 4.90 Å². The molecule has 0 amide bonds. The summed E-state index contributed by atoms with van der Waals surface area (Å²) in [5.41, 5.74) is -0.484. The highest BCUT2D eigenvalue weighted by atomic mass is 16.3. The quantitative estimate of drug-likeness (QED) is 0.719. The van der Waals surface area contributed by atoms with Crippen LogP contribution < -0.4 is 0 Å². The Labute approximate surface area is 80.9 Å². The van der Waals surface area contributed by atoms with Crippen LogP contribution in [0, 0.1) is 5.92 Å². The molecule has 13 heavy (non-hydrogen) atoms. The van der Waals surface area contributed by atoms with Gasteiger partial charge in [-0.25, -0.2) is 0 Å². The summed E-state index contributed by atoms with van der Waals surface area (Å²) < 4.78 is 0. The summed E-state index contributed by atoms with van der Waals surface area (Å²) in [6.45, 7) is 6.19. The van der Waals surface area contributed by atoms with Crippen molar-refractivity contribution in [3.05, 3.63) is 0 Å².